The maximum Gasteiger partial charge on any atom is 0.254 e. The summed E-state index contributed by atoms with van der Waals surface area (Å²) < 4.78 is 0. The minimum absolute atomic E-state index is 0.344. The number of carbonyl (C=O) groups is 1. The van der Waals surface area contributed by atoms with E-state index in [0.717, 1.165) is 5.69 Å². The van der Waals surface area contributed by atoms with Crippen molar-refractivity contribution < 1.29 is 9.72 Å². The molecule has 1 aliphatic rings. The molecular weight excluding hydrogens is 234 g/mol. The second kappa shape index (κ2) is 5.03. The number of para-hydroxylation sites is 2. The highest BCUT2D eigenvalue weighted by Gasteiger charge is 2.39. The number of benzene rings is 1. The molecule has 0 saturated heterocycles. The molecule has 0 fully saturated rings. The number of rotatable bonds is 4. The summed E-state index contributed by atoms with van der Waals surface area (Å²) >= 11 is 0. The second-order valence-electron chi connectivity index (χ2n) is 4.30. The molecule has 2 N–H and O–H groups in total. The van der Waals surface area contributed by atoms with E-state index in [4.69, 9.17) is 0 Å². The lowest BCUT2D eigenvalue weighted by atomic mass is 10.0. The van der Waals surface area contributed by atoms with Crippen LogP contribution in [0.1, 0.15) is 19.8 Å². The molecule has 6 heteroatoms. The zero-order chi connectivity index (χ0) is 13.1. The van der Waals surface area contributed by atoms with Gasteiger partial charge in [-0.15, -0.1) is 0 Å². The lowest BCUT2D eigenvalue weighted by molar-refractivity contribution is -0.523. The van der Waals surface area contributed by atoms with Gasteiger partial charge in [-0.2, -0.15) is 0 Å². The summed E-state index contributed by atoms with van der Waals surface area (Å²) in [5.74, 6) is -0.344. The molecule has 6 nitrogen and oxygen atoms in total. The van der Waals surface area contributed by atoms with Gasteiger partial charge in [-0.1, -0.05) is 19.1 Å². The van der Waals surface area contributed by atoms with E-state index in [0.29, 0.717) is 18.5 Å². The van der Waals surface area contributed by atoms with Gasteiger partial charge in [0.15, 0.2) is 6.04 Å². The molecule has 0 aromatic heterocycles. The first-order chi connectivity index (χ1) is 8.63. The molecule has 0 radical (unpaired) electrons. The number of carbonyl (C=O) groups excluding carboxylic acids is 1. The quantitative estimate of drug-likeness (QED) is 0.630. The number of amides is 1. The highest BCUT2D eigenvalue weighted by molar-refractivity contribution is 6.03. The summed E-state index contributed by atoms with van der Waals surface area (Å²) in [5, 5.41) is 16.7. The number of hydrogen-bond donors (Lipinski definition) is 2. The predicted molar refractivity (Wildman–Crippen MR) is 68.2 cm³/mol. The van der Waals surface area contributed by atoms with Crippen molar-refractivity contribution in [3.8, 4) is 0 Å². The molecule has 1 aliphatic heterocycles. The Morgan fingerprint density at radius 3 is 2.67 bits per heavy atom. The van der Waals surface area contributed by atoms with Gasteiger partial charge in [0, 0.05) is 11.3 Å². The molecule has 0 spiro atoms. The number of anilines is 2. The second-order valence-corrected chi connectivity index (χ2v) is 4.30. The highest BCUT2D eigenvalue weighted by Crippen LogP contribution is 2.28. The molecule has 0 bridgehead atoms. The Labute approximate surface area is 105 Å². The van der Waals surface area contributed by atoms with Crippen LogP contribution >= 0.6 is 0 Å². The molecule has 2 rings (SSSR count). The molecule has 2 atom stereocenters. The molecule has 0 aliphatic carbocycles. The van der Waals surface area contributed by atoms with E-state index < -0.39 is 12.1 Å². The van der Waals surface area contributed by atoms with Crippen LogP contribution in [0.15, 0.2) is 24.3 Å². The van der Waals surface area contributed by atoms with Crippen molar-refractivity contribution in [1.29, 1.82) is 0 Å². The molecule has 1 aromatic carbocycles. The first-order valence-corrected chi connectivity index (χ1v) is 5.93. The maximum absolute atomic E-state index is 11.9. The molecule has 18 heavy (non-hydrogen) atoms. The number of nitrogens with zero attached hydrogens (tertiary/aromatic N) is 1. The largest absolute Gasteiger partial charge is 0.366 e. The zero-order valence-electron chi connectivity index (χ0n) is 10.1. The van der Waals surface area contributed by atoms with Gasteiger partial charge in [0.2, 0.25) is 6.04 Å². The summed E-state index contributed by atoms with van der Waals surface area (Å²) in [6, 6.07) is 5.47. The van der Waals surface area contributed by atoms with Crippen LogP contribution in [0, 0.1) is 10.1 Å². The van der Waals surface area contributed by atoms with Gasteiger partial charge in [-0.25, -0.2) is 0 Å². The Kier molecular flexibility index (Phi) is 3.45. The van der Waals surface area contributed by atoms with Crippen molar-refractivity contribution in [2.24, 2.45) is 0 Å². The Morgan fingerprint density at radius 2 is 2.06 bits per heavy atom. The van der Waals surface area contributed by atoms with Crippen LogP contribution < -0.4 is 10.6 Å². The number of hydrogen-bond acceptors (Lipinski definition) is 4. The third-order valence-electron chi connectivity index (χ3n) is 3.02. The van der Waals surface area contributed by atoms with E-state index in [1.807, 2.05) is 13.0 Å². The third kappa shape index (κ3) is 2.27. The van der Waals surface area contributed by atoms with E-state index in [1.165, 1.54) is 0 Å². The van der Waals surface area contributed by atoms with Crippen LogP contribution in [0.5, 0.6) is 0 Å². The van der Waals surface area contributed by atoms with Gasteiger partial charge in [0.05, 0.1) is 11.4 Å². The van der Waals surface area contributed by atoms with Crippen molar-refractivity contribution in [3.63, 3.8) is 0 Å². The van der Waals surface area contributed by atoms with E-state index in [1.54, 1.807) is 18.2 Å². The number of fused-ring (bicyclic) bond motifs is 1. The van der Waals surface area contributed by atoms with Crippen molar-refractivity contribution >= 4 is 17.3 Å². The summed E-state index contributed by atoms with van der Waals surface area (Å²) in [7, 11) is 0. The molecule has 1 amide bonds. The normalized spacial score (nSPS) is 19.4. The molecule has 2 unspecified atom stereocenters. The zero-order valence-corrected chi connectivity index (χ0v) is 10.1. The average Bonchev–Trinajstić information content (AvgIpc) is 2.35. The van der Waals surface area contributed by atoms with E-state index in [2.05, 4.69) is 10.6 Å². The topological polar surface area (TPSA) is 84.3 Å². The fourth-order valence-corrected chi connectivity index (χ4v) is 2.12. The van der Waals surface area contributed by atoms with Gasteiger partial charge >= 0.3 is 0 Å². The molecular formula is C12H15N3O3. The van der Waals surface area contributed by atoms with Crippen LogP contribution in [0.2, 0.25) is 0 Å². The first-order valence-electron chi connectivity index (χ1n) is 5.93. The van der Waals surface area contributed by atoms with E-state index >= 15 is 0 Å². The van der Waals surface area contributed by atoms with Crippen LogP contribution in [0.3, 0.4) is 0 Å². The summed E-state index contributed by atoms with van der Waals surface area (Å²) in [5.41, 5.74) is 1.39. The summed E-state index contributed by atoms with van der Waals surface area (Å²) in [6.45, 7) is 1.87. The molecule has 0 saturated carbocycles. The van der Waals surface area contributed by atoms with Crippen molar-refractivity contribution in [1.82, 2.24) is 0 Å². The fourth-order valence-electron chi connectivity index (χ4n) is 2.12. The number of nitro groups is 1. The Bertz CT molecular complexity index is 475. The Morgan fingerprint density at radius 1 is 1.39 bits per heavy atom. The van der Waals surface area contributed by atoms with Crippen LogP contribution in [-0.2, 0) is 4.79 Å². The van der Waals surface area contributed by atoms with Gasteiger partial charge in [0.1, 0.15) is 0 Å². The Balaban J connectivity index is 2.25. The van der Waals surface area contributed by atoms with Crippen molar-refractivity contribution in [3.05, 3.63) is 34.4 Å². The SMILES string of the molecule is CCCC(C1Nc2ccccc2NC1=O)[N+](=O)[O-]. The highest BCUT2D eigenvalue weighted by atomic mass is 16.6. The van der Waals surface area contributed by atoms with Crippen LogP contribution in [0.25, 0.3) is 0 Å². The molecule has 96 valence electrons. The first kappa shape index (κ1) is 12.3. The lowest BCUT2D eigenvalue weighted by Gasteiger charge is -2.28. The lowest BCUT2D eigenvalue weighted by Crippen LogP contribution is -2.50. The minimum atomic E-state index is -0.900. The monoisotopic (exact) mass is 249 g/mol. The van der Waals surface area contributed by atoms with Crippen LogP contribution in [-0.4, -0.2) is 22.9 Å². The fraction of sp³-hybridized carbons (Fsp3) is 0.417. The predicted octanol–water partition coefficient (Wildman–Crippen LogP) is 1.86. The maximum atomic E-state index is 11.9. The molecule has 1 heterocycles. The van der Waals surface area contributed by atoms with Gasteiger partial charge in [0.25, 0.3) is 5.91 Å². The van der Waals surface area contributed by atoms with Crippen molar-refractivity contribution in [2.75, 3.05) is 10.6 Å². The Hall–Kier alpha value is -2.11. The average molecular weight is 249 g/mol. The van der Waals surface area contributed by atoms with E-state index in [-0.39, 0.29) is 10.8 Å². The van der Waals surface area contributed by atoms with Crippen LogP contribution in [0.4, 0.5) is 11.4 Å². The standard InChI is InChI=1S/C12H15N3O3/c1-2-5-10(15(17)18)11-12(16)14-9-7-4-3-6-8(9)13-11/h3-4,6-7,10-11,13H,2,5H2,1H3,(H,14,16). The van der Waals surface area contributed by atoms with Gasteiger partial charge < -0.3 is 10.6 Å². The number of nitrogens with one attached hydrogen (secondary N) is 2. The van der Waals surface area contributed by atoms with E-state index in [9.17, 15) is 14.9 Å². The van der Waals surface area contributed by atoms with Crippen molar-refractivity contribution in [2.45, 2.75) is 31.8 Å². The molecule has 1 aromatic rings. The van der Waals surface area contributed by atoms with Gasteiger partial charge in [-0.3, -0.25) is 14.9 Å². The smallest absolute Gasteiger partial charge is 0.254 e. The summed E-state index contributed by atoms with van der Waals surface area (Å²) in [4.78, 5) is 22.6. The summed E-state index contributed by atoms with van der Waals surface area (Å²) in [6.07, 6.45) is 1.04. The minimum Gasteiger partial charge on any atom is -0.366 e. The third-order valence-corrected chi connectivity index (χ3v) is 3.02. The van der Waals surface area contributed by atoms with Gasteiger partial charge in [-0.05, 0) is 18.6 Å².